The van der Waals surface area contributed by atoms with E-state index in [4.69, 9.17) is 0 Å². The number of pyridine rings is 1. The smallest absolute Gasteiger partial charge is 0.339 e. The van der Waals surface area contributed by atoms with Crippen molar-refractivity contribution in [1.82, 2.24) is 4.98 Å². The Hall–Kier alpha value is -1.88. The van der Waals surface area contributed by atoms with Crippen molar-refractivity contribution >= 4 is 27.7 Å². The molecule has 5 heteroatoms. The van der Waals surface area contributed by atoms with Crippen LogP contribution in [0.1, 0.15) is 21.5 Å². The molecule has 0 bridgehead atoms. The molecule has 1 heterocycles. The number of halogens is 1. The molecular formula is C15H15BrN2O2. The minimum atomic E-state index is -0.981. The molecule has 4 nitrogen and oxygen atoms in total. The Balaban J connectivity index is 2.32. The molecule has 2 aromatic rings. The zero-order valence-electron chi connectivity index (χ0n) is 11.3. The quantitative estimate of drug-likeness (QED) is 0.929. The van der Waals surface area contributed by atoms with Crippen molar-refractivity contribution in [2.24, 2.45) is 0 Å². The summed E-state index contributed by atoms with van der Waals surface area (Å²) in [5, 5.41) is 9.27. The molecule has 0 fully saturated rings. The zero-order chi connectivity index (χ0) is 14.7. The number of rotatable bonds is 4. The molecule has 0 atom stereocenters. The monoisotopic (exact) mass is 334 g/mol. The first-order valence-corrected chi connectivity index (χ1v) is 6.93. The summed E-state index contributed by atoms with van der Waals surface area (Å²) in [6, 6.07) is 9.60. The predicted molar refractivity (Wildman–Crippen MR) is 82.2 cm³/mol. The molecule has 0 radical (unpaired) electrons. The van der Waals surface area contributed by atoms with Crippen molar-refractivity contribution in [3.63, 3.8) is 0 Å². The van der Waals surface area contributed by atoms with Gasteiger partial charge in [-0.25, -0.2) is 9.78 Å². The molecule has 0 aliphatic carbocycles. The van der Waals surface area contributed by atoms with Crippen molar-refractivity contribution < 1.29 is 9.90 Å². The van der Waals surface area contributed by atoms with Crippen LogP contribution in [0.15, 0.2) is 41.0 Å². The maximum atomic E-state index is 11.3. The standard InChI is InChI=1S/C15H15BrN2O2/c1-10-5-3-4-6-11(10)9-18(2)14-13(15(19)20)7-12(16)8-17-14/h3-8H,9H2,1-2H3,(H,19,20). The number of carboxylic acids is 1. The van der Waals surface area contributed by atoms with Gasteiger partial charge in [-0.15, -0.1) is 0 Å². The molecule has 2 rings (SSSR count). The van der Waals surface area contributed by atoms with Crippen LogP contribution < -0.4 is 4.90 Å². The summed E-state index contributed by atoms with van der Waals surface area (Å²) in [5.41, 5.74) is 2.51. The first kappa shape index (κ1) is 14.5. The highest BCUT2D eigenvalue weighted by molar-refractivity contribution is 9.10. The van der Waals surface area contributed by atoms with E-state index < -0.39 is 5.97 Å². The van der Waals surface area contributed by atoms with E-state index in [1.165, 1.54) is 5.56 Å². The van der Waals surface area contributed by atoms with Crippen molar-refractivity contribution in [2.75, 3.05) is 11.9 Å². The van der Waals surface area contributed by atoms with Gasteiger partial charge in [-0.1, -0.05) is 24.3 Å². The van der Waals surface area contributed by atoms with Crippen LogP contribution in [0.3, 0.4) is 0 Å². The highest BCUT2D eigenvalue weighted by Gasteiger charge is 2.16. The number of carbonyl (C=O) groups is 1. The number of hydrogen-bond acceptors (Lipinski definition) is 3. The lowest BCUT2D eigenvalue weighted by Gasteiger charge is -2.21. The number of carboxylic acid groups (broad SMARTS) is 1. The van der Waals surface area contributed by atoms with Crippen LogP contribution >= 0.6 is 15.9 Å². The van der Waals surface area contributed by atoms with Crippen LogP contribution in [-0.2, 0) is 6.54 Å². The molecule has 0 saturated carbocycles. The van der Waals surface area contributed by atoms with E-state index in [9.17, 15) is 9.90 Å². The highest BCUT2D eigenvalue weighted by atomic mass is 79.9. The second-order valence-corrected chi connectivity index (χ2v) is 5.53. The summed E-state index contributed by atoms with van der Waals surface area (Å²) in [5.74, 6) is -0.519. The Morgan fingerprint density at radius 3 is 2.75 bits per heavy atom. The Morgan fingerprint density at radius 1 is 1.40 bits per heavy atom. The Labute approximate surface area is 126 Å². The molecule has 1 aromatic heterocycles. The molecular weight excluding hydrogens is 320 g/mol. The van der Waals surface area contributed by atoms with Gasteiger partial charge >= 0.3 is 5.97 Å². The third kappa shape index (κ3) is 3.17. The normalized spacial score (nSPS) is 10.3. The van der Waals surface area contributed by atoms with Gasteiger partial charge < -0.3 is 10.0 Å². The molecule has 0 saturated heterocycles. The first-order chi connectivity index (χ1) is 9.49. The molecule has 0 amide bonds. The van der Waals surface area contributed by atoms with Crippen LogP contribution in [0.25, 0.3) is 0 Å². The Morgan fingerprint density at radius 2 is 2.10 bits per heavy atom. The fourth-order valence-electron chi connectivity index (χ4n) is 2.01. The molecule has 1 aromatic carbocycles. The van der Waals surface area contributed by atoms with Crippen LogP contribution in [0.2, 0.25) is 0 Å². The van der Waals surface area contributed by atoms with Gasteiger partial charge in [0.1, 0.15) is 11.4 Å². The highest BCUT2D eigenvalue weighted by Crippen LogP contribution is 2.22. The number of aromatic carboxylic acids is 1. The summed E-state index contributed by atoms with van der Waals surface area (Å²) in [4.78, 5) is 17.4. The van der Waals surface area contributed by atoms with E-state index in [0.717, 1.165) is 5.56 Å². The number of anilines is 1. The average molecular weight is 335 g/mol. The van der Waals surface area contributed by atoms with Gasteiger partial charge in [0, 0.05) is 24.3 Å². The largest absolute Gasteiger partial charge is 0.478 e. The molecule has 20 heavy (non-hydrogen) atoms. The molecule has 0 aliphatic heterocycles. The topological polar surface area (TPSA) is 53.4 Å². The molecule has 104 valence electrons. The van der Waals surface area contributed by atoms with Crippen LogP contribution in [-0.4, -0.2) is 23.1 Å². The lowest BCUT2D eigenvalue weighted by atomic mass is 10.1. The molecule has 0 unspecified atom stereocenters. The van der Waals surface area contributed by atoms with Gasteiger partial charge in [-0.3, -0.25) is 0 Å². The van der Waals surface area contributed by atoms with Gasteiger partial charge in [0.15, 0.2) is 0 Å². The minimum absolute atomic E-state index is 0.190. The van der Waals surface area contributed by atoms with Crippen molar-refractivity contribution in [1.29, 1.82) is 0 Å². The van der Waals surface area contributed by atoms with Crippen LogP contribution in [0.4, 0.5) is 5.82 Å². The Kier molecular flexibility index (Phi) is 4.39. The maximum Gasteiger partial charge on any atom is 0.339 e. The summed E-state index contributed by atoms with van der Waals surface area (Å²) >= 11 is 3.25. The van der Waals surface area contributed by atoms with Gasteiger partial charge in [0.2, 0.25) is 0 Å². The first-order valence-electron chi connectivity index (χ1n) is 6.13. The molecule has 0 spiro atoms. The van der Waals surface area contributed by atoms with Gasteiger partial charge in [-0.05, 0) is 40.0 Å². The van der Waals surface area contributed by atoms with E-state index >= 15 is 0 Å². The number of aromatic nitrogens is 1. The van der Waals surface area contributed by atoms with Crippen LogP contribution in [0, 0.1) is 6.92 Å². The van der Waals surface area contributed by atoms with Gasteiger partial charge in [-0.2, -0.15) is 0 Å². The van der Waals surface area contributed by atoms with Gasteiger partial charge in [0.25, 0.3) is 0 Å². The third-order valence-corrected chi connectivity index (χ3v) is 3.53. The lowest BCUT2D eigenvalue weighted by molar-refractivity contribution is 0.0697. The second-order valence-electron chi connectivity index (χ2n) is 4.61. The predicted octanol–water partition coefficient (Wildman–Crippen LogP) is 3.49. The minimum Gasteiger partial charge on any atom is -0.478 e. The van der Waals surface area contributed by atoms with E-state index in [1.807, 2.05) is 43.1 Å². The molecule has 0 aliphatic rings. The number of aryl methyl sites for hydroxylation is 1. The number of nitrogens with zero attached hydrogens (tertiary/aromatic N) is 2. The molecule has 1 N–H and O–H groups in total. The Bertz CT molecular complexity index is 644. The van der Waals surface area contributed by atoms with E-state index in [2.05, 4.69) is 20.9 Å². The van der Waals surface area contributed by atoms with Crippen molar-refractivity contribution in [3.8, 4) is 0 Å². The SMILES string of the molecule is Cc1ccccc1CN(C)c1ncc(Br)cc1C(=O)O. The van der Waals surface area contributed by atoms with E-state index in [-0.39, 0.29) is 5.56 Å². The maximum absolute atomic E-state index is 11.3. The van der Waals surface area contributed by atoms with Crippen LogP contribution in [0.5, 0.6) is 0 Å². The van der Waals surface area contributed by atoms with Crippen molar-refractivity contribution in [3.05, 3.63) is 57.7 Å². The average Bonchev–Trinajstić information content (AvgIpc) is 2.41. The fourth-order valence-corrected chi connectivity index (χ4v) is 2.34. The summed E-state index contributed by atoms with van der Waals surface area (Å²) < 4.78 is 0.656. The fraction of sp³-hybridized carbons (Fsp3) is 0.200. The zero-order valence-corrected chi connectivity index (χ0v) is 12.9. The summed E-state index contributed by atoms with van der Waals surface area (Å²) in [6.45, 7) is 2.65. The van der Waals surface area contributed by atoms with Crippen molar-refractivity contribution in [2.45, 2.75) is 13.5 Å². The summed E-state index contributed by atoms with van der Waals surface area (Å²) in [6.07, 6.45) is 1.61. The number of benzene rings is 1. The van der Waals surface area contributed by atoms with Gasteiger partial charge in [0.05, 0.1) is 0 Å². The van der Waals surface area contributed by atoms with E-state index in [0.29, 0.717) is 16.8 Å². The summed E-state index contributed by atoms with van der Waals surface area (Å²) in [7, 11) is 1.84. The lowest BCUT2D eigenvalue weighted by Crippen LogP contribution is -2.21. The van der Waals surface area contributed by atoms with E-state index in [1.54, 1.807) is 12.3 Å². The third-order valence-electron chi connectivity index (χ3n) is 3.09. The number of hydrogen-bond donors (Lipinski definition) is 1. The second kappa shape index (κ2) is 6.05.